The summed E-state index contributed by atoms with van der Waals surface area (Å²) in [6.07, 6.45) is 1.62. The first-order valence-corrected chi connectivity index (χ1v) is 5.23. The van der Waals surface area contributed by atoms with Gasteiger partial charge in [0.05, 0.1) is 0 Å². The average molecular weight is 280 g/mol. The Morgan fingerprint density at radius 2 is 1.92 bits per heavy atom. The van der Waals surface area contributed by atoms with E-state index < -0.39 is 0 Å². The van der Waals surface area contributed by atoms with Crippen LogP contribution in [0.15, 0.2) is 10.2 Å². The zero-order valence-corrected chi connectivity index (χ0v) is 9.32. The molecule has 1 rings (SSSR count). The van der Waals surface area contributed by atoms with Crippen LogP contribution in [-0.4, -0.2) is 48.9 Å². The first kappa shape index (κ1) is 9.98. The second-order valence-electron chi connectivity index (χ2n) is 2.92. The third-order valence-electron chi connectivity index (χ3n) is 2.02. The van der Waals surface area contributed by atoms with Gasteiger partial charge in [0.1, 0.15) is 0 Å². The van der Waals surface area contributed by atoms with E-state index in [1.54, 1.807) is 10.2 Å². The Bertz CT molecular complexity index is 185. The van der Waals surface area contributed by atoms with Crippen LogP contribution in [0.2, 0.25) is 0 Å². The topological polar surface area (TPSA) is 23.6 Å². The highest BCUT2D eigenvalue weighted by atomic mass is 127. The van der Waals surface area contributed by atoms with E-state index in [9.17, 15) is 4.79 Å². The SMILES string of the molecule is CN1CCN(C(=O)/C=C/I)CC1. The van der Waals surface area contributed by atoms with E-state index in [-0.39, 0.29) is 5.91 Å². The van der Waals surface area contributed by atoms with Crippen LogP contribution in [-0.2, 0) is 4.79 Å². The normalized spacial score (nSPS) is 20.3. The molecule has 0 aromatic rings. The summed E-state index contributed by atoms with van der Waals surface area (Å²) in [6, 6.07) is 0. The maximum Gasteiger partial charge on any atom is 0.247 e. The fourth-order valence-electron chi connectivity index (χ4n) is 1.19. The fourth-order valence-corrected chi connectivity index (χ4v) is 1.49. The number of carbonyl (C=O) groups is 1. The monoisotopic (exact) mass is 280 g/mol. The van der Waals surface area contributed by atoms with Crippen molar-refractivity contribution < 1.29 is 4.79 Å². The van der Waals surface area contributed by atoms with Crippen molar-refractivity contribution in [1.82, 2.24) is 9.80 Å². The molecule has 1 aliphatic heterocycles. The van der Waals surface area contributed by atoms with E-state index in [1.165, 1.54) is 0 Å². The first-order chi connectivity index (χ1) is 5.74. The minimum Gasteiger partial charge on any atom is -0.337 e. The lowest BCUT2D eigenvalue weighted by Crippen LogP contribution is -2.46. The summed E-state index contributed by atoms with van der Waals surface area (Å²) in [5.41, 5.74) is 0. The molecule has 0 unspecified atom stereocenters. The van der Waals surface area contributed by atoms with Gasteiger partial charge in [-0.1, -0.05) is 22.6 Å². The summed E-state index contributed by atoms with van der Waals surface area (Å²) in [5, 5.41) is 0. The van der Waals surface area contributed by atoms with Crippen molar-refractivity contribution >= 4 is 28.5 Å². The number of hydrogen-bond acceptors (Lipinski definition) is 2. The molecule has 68 valence electrons. The molecular weight excluding hydrogens is 267 g/mol. The molecule has 12 heavy (non-hydrogen) atoms. The van der Waals surface area contributed by atoms with Gasteiger partial charge in [-0.05, 0) is 11.1 Å². The van der Waals surface area contributed by atoms with Crippen LogP contribution in [0.1, 0.15) is 0 Å². The zero-order valence-electron chi connectivity index (χ0n) is 7.16. The molecule has 0 N–H and O–H groups in total. The average Bonchev–Trinajstić information content (AvgIpc) is 2.06. The second-order valence-corrected chi connectivity index (χ2v) is 3.64. The van der Waals surface area contributed by atoms with E-state index >= 15 is 0 Å². The molecule has 4 heteroatoms. The Balaban J connectivity index is 2.39. The predicted octanol–water partition coefficient (Wildman–Crippen LogP) is 0.709. The molecule has 0 spiro atoms. The highest BCUT2D eigenvalue weighted by molar-refractivity contribution is 14.1. The van der Waals surface area contributed by atoms with Crippen molar-refractivity contribution in [3.63, 3.8) is 0 Å². The van der Waals surface area contributed by atoms with E-state index in [0.717, 1.165) is 26.2 Å². The number of likely N-dealkylation sites (N-methyl/N-ethyl adjacent to an activating group) is 1. The maximum absolute atomic E-state index is 11.3. The molecule has 0 saturated carbocycles. The molecule has 3 nitrogen and oxygen atoms in total. The number of nitrogens with zero attached hydrogens (tertiary/aromatic N) is 2. The predicted molar refractivity (Wildman–Crippen MR) is 57.2 cm³/mol. The van der Waals surface area contributed by atoms with Crippen molar-refractivity contribution in [2.75, 3.05) is 33.2 Å². The summed E-state index contributed by atoms with van der Waals surface area (Å²) in [7, 11) is 2.08. The molecule has 0 aliphatic carbocycles. The van der Waals surface area contributed by atoms with Crippen molar-refractivity contribution in [2.45, 2.75) is 0 Å². The molecule has 1 aliphatic rings. The molecule has 0 aromatic carbocycles. The molecule has 1 amide bonds. The lowest BCUT2D eigenvalue weighted by molar-refractivity contribution is -0.127. The standard InChI is InChI=1S/C8H13IN2O/c1-10-4-6-11(7-5-10)8(12)2-3-9/h2-3H,4-7H2,1H3/b3-2+. The van der Waals surface area contributed by atoms with Crippen LogP contribution in [0.3, 0.4) is 0 Å². The maximum atomic E-state index is 11.3. The number of carbonyl (C=O) groups excluding carboxylic acids is 1. The number of halogens is 1. The van der Waals surface area contributed by atoms with Gasteiger partial charge in [-0.25, -0.2) is 0 Å². The van der Waals surface area contributed by atoms with Gasteiger partial charge >= 0.3 is 0 Å². The van der Waals surface area contributed by atoms with E-state index in [2.05, 4.69) is 34.5 Å². The number of piperazine rings is 1. The van der Waals surface area contributed by atoms with Gasteiger partial charge in [0, 0.05) is 32.3 Å². The highest BCUT2D eigenvalue weighted by Gasteiger charge is 2.16. The molecule has 0 aromatic heterocycles. The van der Waals surface area contributed by atoms with Crippen molar-refractivity contribution in [1.29, 1.82) is 0 Å². The fraction of sp³-hybridized carbons (Fsp3) is 0.625. The van der Waals surface area contributed by atoms with Crippen molar-refractivity contribution in [3.8, 4) is 0 Å². The van der Waals surface area contributed by atoms with Crippen molar-refractivity contribution in [2.24, 2.45) is 0 Å². The van der Waals surface area contributed by atoms with Crippen LogP contribution in [0.4, 0.5) is 0 Å². The Hall–Kier alpha value is -0.100. The van der Waals surface area contributed by atoms with Crippen LogP contribution < -0.4 is 0 Å². The molecule has 1 fully saturated rings. The van der Waals surface area contributed by atoms with Gasteiger partial charge < -0.3 is 9.80 Å². The lowest BCUT2D eigenvalue weighted by atomic mass is 10.3. The molecular formula is C8H13IN2O. The molecule has 0 atom stereocenters. The minimum atomic E-state index is 0.137. The van der Waals surface area contributed by atoms with Gasteiger partial charge in [0.2, 0.25) is 5.91 Å². The van der Waals surface area contributed by atoms with E-state index in [4.69, 9.17) is 0 Å². The van der Waals surface area contributed by atoms with Crippen LogP contribution in [0, 0.1) is 0 Å². The third-order valence-corrected chi connectivity index (χ3v) is 2.38. The summed E-state index contributed by atoms with van der Waals surface area (Å²) in [4.78, 5) is 15.4. The highest BCUT2D eigenvalue weighted by Crippen LogP contribution is 2.00. The minimum absolute atomic E-state index is 0.137. The van der Waals surface area contributed by atoms with Gasteiger partial charge in [0.15, 0.2) is 0 Å². The first-order valence-electron chi connectivity index (χ1n) is 3.98. The second kappa shape index (κ2) is 4.81. The molecule has 1 saturated heterocycles. The van der Waals surface area contributed by atoms with Gasteiger partial charge in [0.25, 0.3) is 0 Å². The van der Waals surface area contributed by atoms with Crippen LogP contribution in [0.5, 0.6) is 0 Å². The molecule has 0 radical (unpaired) electrons. The van der Waals surface area contributed by atoms with Crippen LogP contribution in [0.25, 0.3) is 0 Å². The van der Waals surface area contributed by atoms with E-state index in [0.29, 0.717) is 0 Å². The van der Waals surface area contributed by atoms with E-state index in [1.807, 2.05) is 4.90 Å². The Morgan fingerprint density at radius 1 is 1.33 bits per heavy atom. The Morgan fingerprint density at radius 3 is 2.42 bits per heavy atom. The third kappa shape index (κ3) is 2.75. The molecule has 1 heterocycles. The Kier molecular flexibility index (Phi) is 4.00. The number of hydrogen-bond donors (Lipinski definition) is 0. The lowest BCUT2D eigenvalue weighted by Gasteiger charge is -2.31. The van der Waals surface area contributed by atoms with Gasteiger partial charge in [-0.15, -0.1) is 0 Å². The Labute approximate surface area is 86.5 Å². The summed E-state index contributed by atoms with van der Waals surface area (Å²) < 4.78 is 1.76. The smallest absolute Gasteiger partial charge is 0.247 e. The van der Waals surface area contributed by atoms with Gasteiger partial charge in [-0.3, -0.25) is 4.79 Å². The number of amides is 1. The summed E-state index contributed by atoms with van der Waals surface area (Å²) >= 11 is 2.06. The largest absolute Gasteiger partial charge is 0.337 e. The summed E-state index contributed by atoms with van der Waals surface area (Å²) in [6.45, 7) is 3.69. The molecule has 0 bridgehead atoms. The zero-order chi connectivity index (χ0) is 8.97. The van der Waals surface area contributed by atoms with Crippen LogP contribution >= 0.6 is 22.6 Å². The quantitative estimate of drug-likeness (QED) is 0.521. The summed E-state index contributed by atoms with van der Waals surface area (Å²) in [5.74, 6) is 0.137. The van der Waals surface area contributed by atoms with Gasteiger partial charge in [-0.2, -0.15) is 0 Å². The number of rotatable bonds is 1. The van der Waals surface area contributed by atoms with Crippen molar-refractivity contribution in [3.05, 3.63) is 10.2 Å².